The molecule has 0 spiro atoms. The summed E-state index contributed by atoms with van der Waals surface area (Å²) in [4.78, 5) is 0. The largest absolute Gasteiger partial charge is 0.483 e. The van der Waals surface area contributed by atoms with E-state index in [9.17, 15) is 22.0 Å². The van der Waals surface area contributed by atoms with Gasteiger partial charge in [-0.1, -0.05) is 31.2 Å². The molecule has 168 valence electrons. The Morgan fingerprint density at radius 1 is 0.781 bits per heavy atom. The Labute approximate surface area is 181 Å². The van der Waals surface area contributed by atoms with Crippen LogP contribution in [0.1, 0.15) is 24.3 Å². The zero-order valence-electron chi connectivity index (χ0n) is 17.0. The van der Waals surface area contributed by atoms with E-state index in [-0.39, 0.29) is 11.1 Å². The number of halogens is 5. The summed E-state index contributed by atoms with van der Waals surface area (Å²) in [6.07, 6.45) is -0.481. The number of ether oxygens (including phenoxy) is 3. The summed E-state index contributed by atoms with van der Waals surface area (Å²) in [5, 5.41) is 0. The number of rotatable bonds is 5. The maximum Gasteiger partial charge on any atom is 0.194 e. The average Bonchev–Trinajstić information content (AvgIpc) is 2.77. The molecule has 1 fully saturated rings. The van der Waals surface area contributed by atoms with Crippen molar-refractivity contribution in [3.05, 3.63) is 88.7 Å². The van der Waals surface area contributed by atoms with E-state index >= 15 is 0 Å². The van der Waals surface area contributed by atoms with Crippen molar-refractivity contribution in [2.24, 2.45) is 5.92 Å². The molecule has 0 atom stereocenters. The lowest BCUT2D eigenvalue weighted by atomic mass is 10.0. The third kappa shape index (κ3) is 4.76. The molecule has 0 aromatic heterocycles. The predicted octanol–water partition coefficient (Wildman–Crippen LogP) is 6.31. The van der Waals surface area contributed by atoms with Crippen LogP contribution in [0.2, 0.25) is 0 Å². The van der Waals surface area contributed by atoms with Gasteiger partial charge in [0.25, 0.3) is 0 Å². The maximum atomic E-state index is 14.5. The zero-order valence-corrected chi connectivity index (χ0v) is 17.0. The molecule has 0 amide bonds. The van der Waals surface area contributed by atoms with Gasteiger partial charge >= 0.3 is 0 Å². The second-order valence-corrected chi connectivity index (χ2v) is 7.66. The van der Waals surface area contributed by atoms with Crippen LogP contribution < -0.4 is 4.74 Å². The maximum absolute atomic E-state index is 14.5. The van der Waals surface area contributed by atoms with E-state index < -0.39 is 47.7 Å². The van der Waals surface area contributed by atoms with Crippen LogP contribution >= 0.6 is 0 Å². The van der Waals surface area contributed by atoms with Crippen molar-refractivity contribution in [3.63, 3.8) is 0 Å². The van der Waals surface area contributed by atoms with Gasteiger partial charge in [0.05, 0.1) is 13.2 Å². The molecule has 0 bridgehead atoms. The van der Waals surface area contributed by atoms with E-state index in [0.29, 0.717) is 36.8 Å². The smallest absolute Gasteiger partial charge is 0.194 e. The Morgan fingerprint density at radius 2 is 1.34 bits per heavy atom. The predicted molar refractivity (Wildman–Crippen MR) is 106 cm³/mol. The van der Waals surface area contributed by atoms with Gasteiger partial charge in [-0.05, 0) is 41.0 Å². The Balaban J connectivity index is 1.49. The highest BCUT2D eigenvalue weighted by Gasteiger charge is 2.21. The van der Waals surface area contributed by atoms with Gasteiger partial charge in [0.2, 0.25) is 0 Å². The minimum absolute atomic E-state index is 0.110. The van der Waals surface area contributed by atoms with E-state index in [2.05, 4.69) is 0 Å². The van der Waals surface area contributed by atoms with Gasteiger partial charge in [-0.25, -0.2) is 22.0 Å². The first kappa shape index (κ1) is 22.2. The molecule has 8 heteroatoms. The number of hydrogen-bond acceptors (Lipinski definition) is 3. The van der Waals surface area contributed by atoms with Crippen LogP contribution in [0.5, 0.6) is 5.75 Å². The molecular weight excluding hydrogens is 431 g/mol. The van der Waals surface area contributed by atoms with E-state index in [0.717, 1.165) is 17.7 Å². The van der Waals surface area contributed by atoms with Crippen LogP contribution in [0.4, 0.5) is 22.0 Å². The highest BCUT2D eigenvalue weighted by atomic mass is 19.2. The zero-order chi connectivity index (χ0) is 22.8. The Bertz CT molecular complexity index is 1060. The summed E-state index contributed by atoms with van der Waals surface area (Å²) in [6.45, 7) is 2.64. The molecule has 1 heterocycles. The molecule has 3 aromatic carbocycles. The summed E-state index contributed by atoms with van der Waals surface area (Å²) in [7, 11) is 0. The molecular formula is C24H19F5O3. The highest BCUT2D eigenvalue weighted by Crippen LogP contribution is 2.32. The molecule has 0 N–H and O–H groups in total. The SMILES string of the molecule is CC1COC(c2ccc(-c3cc(F)c(OCc4cc(F)c(F)c(F)c4)c(F)c3)cc2)OC1. The first-order chi connectivity index (χ1) is 15.3. The quantitative estimate of drug-likeness (QED) is 0.337. The van der Waals surface area contributed by atoms with Crippen molar-refractivity contribution in [3.8, 4) is 16.9 Å². The molecule has 0 aliphatic carbocycles. The monoisotopic (exact) mass is 450 g/mol. The summed E-state index contributed by atoms with van der Waals surface area (Å²) < 4.78 is 85.0. The lowest BCUT2D eigenvalue weighted by molar-refractivity contribution is -0.202. The molecule has 0 saturated carbocycles. The van der Waals surface area contributed by atoms with Crippen LogP contribution in [0, 0.1) is 35.0 Å². The molecule has 0 unspecified atom stereocenters. The molecule has 32 heavy (non-hydrogen) atoms. The van der Waals surface area contributed by atoms with Crippen LogP contribution in [0.25, 0.3) is 11.1 Å². The van der Waals surface area contributed by atoms with E-state index in [1.807, 2.05) is 6.92 Å². The fourth-order valence-corrected chi connectivity index (χ4v) is 3.34. The topological polar surface area (TPSA) is 27.7 Å². The lowest BCUT2D eigenvalue weighted by Gasteiger charge is -2.27. The fraction of sp³-hybridized carbons (Fsp3) is 0.250. The van der Waals surface area contributed by atoms with Crippen LogP contribution in [0.15, 0.2) is 48.5 Å². The average molecular weight is 450 g/mol. The standard InChI is InChI=1S/C24H19F5O3/c1-13-10-31-24(32-11-13)16-4-2-15(3-5-16)17-8-20(27)23(21(28)9-17)30-12-14-6-18(25)22(29)19(26)7-14/h2-9,13,24H,10-12H2,1H3. The van der Waals surface area contributed by atoms with Gasteiger partial charge in [-0.15, -0.1) is 0 Å². The molecule has 1 aliphatic heterocycles. The van der Waals surface area contributed by atoms with Crippen molar-refractivity contribution in [2.75, 3.05) is 13.2 Å². The Hall–Kier alpha value is -2.97. The van der Waals surface area contributed by atoms with E-state index in [1.165, 1.54) is 0 Å². The Morgan fingerprint density at radius 3 is 1.91 bits per heavy atom. The van der Waals surface area contributed by atoms with Crippen molar-refractivity contribution >= 4 is 0 Å². The van der Waals surface area contributed by atoms with Gasteiger partial charge < -0.3 is 14.2 Å². The van der Waals surface area contributed by atoms with Crippen molar-refractivity contribution in [1.29, 1.82) is 0 Å². The third-order valence-corrected chi connectivity index (χ3v) is 5.01. The summed E-state index contributed by atoms with van der Waals surface area (Å²) >= 11 is 0. The molecule has 3 nitrogen and oxygen atoms in total. The van der Waals surface area contributed by atoms with Crippen molar-refractivity contribution < 1.29 is 36.2 Å². The molecule has 3 aromatic rings. The van der Waals surface area contributed by atoms with Gasteiger partial charge in [0.1, 0.15) is 6.61 Å². The van der Waals surface area contributed by atoms with Crippen molar-refractivity contribution in [2.45, 2.75) is 19.8 Å². The lowest BCUT2D eigenvalue weighted by Crippen LogP contribution is -2.24. The number of hydrogen-bond donors (Lipinski definition) is 0. The third-order valence-electron chi connectivity index (χ3n) is 5.01. The normalized spacial score (nSPS) is 18.6. The van der Waals surface area contributed by atoms with E-state index in [4.69, 9.17) is 14.2 Å². The van der Waals surface area contributed by atoms with Gasteiger partial charge in [-0.3, -0.25) is 0 Å². The van der Waals surface area contributed by atoms with Gasteiger partial charge in [0.15, 0.2) is 41.1 Å². The summed E-state index contributed by atoms with van der Waals surface area (Å²) in [5.74, 6) is -6.81. The molecule has 0 radical (unpaired) electrons. The number of benzene rings is 3. The van der Waals surface area contributed by atoms with Crippen LogP contribution in [-0.2, 0) is 16.1 Å². The van der Waals surface area contributed by atoms with Crippen LogP contribution in [-0.4, -0.2) is 13.2 Å². The minimum atomic E-state index is -1.63. The molecule has 4 rings (SSSR count). The first-order valence-electron chi connectivity index (χ1n) is 9.90. The second kappa shape index (κ2) is 9.26. The van der Waals surface area contributed by atoms with Gasteiger partial charge in [-0.2, -0.15) is 0 Å². The summed E-state index contributed by atoms with van der Waals surface area (Å²) in [5.41, 5.74) is 1.52. The fourth-order valence-electron chi connectivity index (χ4n) is 3.34. The Kier molecular flexibility index (Phi) is 6.43. The van der Waals surface area contributed by atoms with E-state index in [1.54, 1.807) is 24.3 Å². The minimum Gasteiger partial charge on any atom is -0.483 e. The van der Waals surface area contributed by atoms with Crippen molar-refractivity contribution in [1.82, 2.24) is 0 Å². The highest BCUT2D eigenvalue weighted by molar-refractivity contribution is 5.65. The summed E-state index contributed by atoms with van der Waals surface area (Å²) in [6, 6.07) is 10.5. The molecule has 1 saturated heterocycles. The van der Waals surface area contributed by atoms with Gasteiger partial charge in [0, 0.05) is 11.5 Å². The second-order valence-electron chi connectivity index (χ2n) is 7.66. The van der Waals surface area contributed by atoms with Crippen LogP contribution in [0.3, 0.4) is 0 Å². The molecule has 1 aliphatic rings. The first-order valence-corrected chi connectivity index (χ1v) is 9.90.